The number of nitrogens with one attached hydrogen (secondary N) is 1. The highest BCUT2D eigenvalue weighted by molar-refractivity contribution is 7.90. The van der Waals surface area contributed by atoms with Gasteiger partial charge in [-0.15, -0.1) is 0 Å². The van der Waals surface area contributed by atoms with Crippen molar-refractivity contribution in [1.82, 2.24) is 19.5 Å². The van der Waals surface area contributed by atoms with Crippen LogP contribution in [0.25, 0.3) is 5.82 Å². The monoisotopic (exact) mass is 605 g/mol. The highest BCUT2D eigenvalue weighted by atomic mass is 32.2. The van der Waals surface area contributed by atoms with Crippen LogP contribution in [0.3, 0.4) is 0 Å². The van der Waals surface area contributed by atoms with Crippen molar-refractivity contribution in [3.8, 4) is 5.82 Å². The van der Waals surface area contributed by atoms with Crippen LogP contribution in [0.15, 0.2) is 59.6 Å². The molecule has 0 unspecified atom stereocenters. The second kappa shape index (κ2) is 11.0. The van der Waals surface area contributed by atoms with Crippen LogP contribution in [0.2, 0.25) is 0 Å². The van der Waals surface area contributed by atoms with Crippen molar-refractivity contribution in [3.63, 3.8) is 0 Å². The first kappa shape index (κ1) is 30.0. The van der Waals surface area contributed by atoms with E-state index in [-0.39, 0.29) is 48.5 Å². The van der Waals surface area contributed by atoms with Gasteiger partial charge in [0.1, 0.15) is 5.82 Å². The zero-order chi connectivity index (χ0) is 30.3. The quantitative estimate of drug-likeness (QED) is 0.314. The molecule has 0 bridgehead atoms. The summed E-state index contributed by atoms with van der Waals surface area (Å²) in [5.74, 6) is 0.237. The van der Waals surface area contributed by atoms with E-state index in [0.717, 1.165) is 6.42 Å². The lowest BCUT2D eigenvalue weighted by atomic mass is 9.97. The van der Waals surface area contributed by atoms with Crippen LogP contribution < -0.4 is 9.62 Å². The van der Waals surface area contributed by atoms with Crippen LogP contribution in [-0.2, 0) is 21.4 Å². The molecule has 3 aromatic rings. The third-order valence-corrected chi connectivity index (χ3v) is 9.37. The number of hydrogen-bond donors (Lipinski definition) is 1. The zero-order valence-electron chi connectivity index (χ0n) is 23.7. The highest BCUT2D eigenvalue weighted by Crippen LogP contribution is 2.59. The van der Waals surface area contributed by atoms with Crippen LogP contribution in [0.4, 0.5) is 19.0 Å². The summed E-state index contributed by atoms with van der Waals surface area (Å²) in [6, 6.07) is 12.4. The van der Waals surface area contributed by atoms with Gasteiger partial charge < -0.3 is 9.64 Å². The predicted octanol–water partition coefficient (Wildman–Crippen LogP) is 5.26. The van der Waals surface area contributed by atoms with E-state index < -0.39 is 27.5 Å². The summed E-state index contributed by atoms with van der Waals surface area (Å²) in [6.45, 7) is 6.83. The van der Waals surface area contributed by atoms with E-state index in [2.05, 4.69) is 16.7 Å². The molecular weight excluding hydrogens is 571 g/mol. The number of ether oxygens (including phenoxy) is 1. The maximum absolute atomic E-state index is 13.4. The molecule has 0 spiro atoms. The highest BCUT2D eigenvalue weighted by Gasteiger charge is 2.62. The first-order valence-electron chi connectivity index (χ1n) is 13.8. The third kappa shape index (κ3) is 6.17. The number of carbonyl (C=O) groups excluding carboxylic acids is 1. The summed E-state index contributed by atoms with van der Waals surface area (Å²) in [5.41, 5.74) is -1.34. The molecule has 9 nitrogen and oxygen atoms in total. The number of nitrogens with zero attached hydrogens (tertiary/aromatic N) is 4. The van der Waals surface area contributed by atoms with Crippen molar-refractivity contribution in [3.05, 3.63) is 66.0 Å². The third-order valence-electron chi connectivity index (χ3n) is 8.02. The molecule has 226 valence electrons. The Morgan fingerprint density at radius 1 is 1.12 bits per heavy atom. The van der Waals surface area contributed by atoms with Gasteiger partial charge in [-0.25, -0.2) is 22.8 Å². The molecule has 2 fully saturated rings. The first-order chi connectivity index (χ1) is 19.7. The molecule has 2 aromatic heterocycles. The molecule has 1 saturated carbocycles. The smallest absolute Gasteiger partial charge is 0.375 e. The first-order valence-corrected chi connectivity index (χ1v) is 15.3. The number of pyridine rings is 1. The van der Waals surface area contributed by atoms with E-state index in [4.69, 9.17) is 9.72 Å². The summed E-state index contributed by atoms with van der Waals surface area (Å²) < 4.78 is 74.4. The number of sulfonamides is 1. The van der Waals surface area contributed by atoms with Crippen molar-refractivity contribution in [2.45, 2.75) is 69.7 Å². The zero-order valence-corrected chi connectivity index (χ0v) is 24.5. The average molecular weight is 606 g/mol. The molecule has 1 aliphatic carbocycles. The molecular formula is C29H34F3N5O4S. The number of anilines is 1. The standard InChI is InChI=1S/C29H34F3N5O4S/c1-20-17-27(2,3)36(18-20)25-23(26(38)35-42(39,40)22-7-5-4-6-8-22)9-10-24(33-25)37-15-11-21(34-37)19-41-16-14-28(12-13-28)29(30,31)32/h4-11,15,20H,12-14,16-19H2,1-3H3,(H,35,38)/t20-/m0/s1. The van der Waals surface area contributed by atoms with Crippen LogP contribution in [0.5, 0.6) is 0 Å². The predicted molar refractivity (Wildman–Crippen MR) is 150 cm³/mol. The molecule has 1 atom stereocenters. The average Bonchev–Trinajstić information content (AvgIpc) is 3.49. The molecule has 5 rings (SSSR count). The van der Waals surface area contributed by atoms with Gasteiger partial charge in [-0.3, -0.25) is 4.79 Å². The van der Waals surface area contributed by atoms with Gasteiger partial charge in [-0.1, -0.05) is 25.1 Å². The van der Waals surface area contributed by atoms with Crippen LogP contribution in [0, 0.1) is 11.3 Å². The summed E-state index contributed by atoms with van der Waals surface area (Å²) in [6.07, 6.45) is -1.50. The second-order valence-corrected chi connectivity index (χ2v) is 13.5. The van der Waals surface area contributed by atoms with Gasteiger partial charge in [0, 0.05) is 24.9 Å². The van der Waals surface area contributed by atoms with Crippen molar-refractivity contribution in [1.29, 1.82) is 0 Å². The van der Waals surface area contributed by atoms with Gasteiger partial charge >= 0.3 is 6.18 Å². The number of carbonyl (C=O) groups is 1. The summed E-state index contributed by atoms with van der Waals surface area (Å²) >= 11 is 0. The Labute approximate surface area is 243 Å². The lowest BCUT2D eigenvalue weighted by molar-refractivity contribution is -0.192. The van der Waals surface area contributed by atoms with E-state index in [9.17, 15) is 26.4 Å². The van der Waals surface area contributed by atoms with Crippen LogP contribution >= 0.6 is 0 Å². The second-order valence-electron chi connectivity index (χ2n) is 11.9. The van der Waals surface area contributed by atoms with Gasteiger partial charge in [0.15, 0.2) is 5.82 Å². The van der Waals surface area contributed by atoms with Gasteiger partial charge in [0.2, 0.25) is 0 Å². The van der Waals surface area contributed by atoms with Crippen molar-refractivity contribution in [2.75, 3.05) is 18.1 Å². The van der Waals surface area contributed by atoms with Gasteiger partial charge in [-0.05, 0) is 75.8 Å². The molecule has 1 saturated heterocycles. The number of amides is 1. The molecule has 42 heavy (non-hydrogen) atoms. The Morgan fingerprint density at radius 3 is 2.45 bits per heavy atom. The van der Waals surface area contributed by atoms with E-state index in [1.807, 2.05) is 18.7 Å². The number of benzene rings is 1. The maximum Gasteiger partial charge on any atom is 0.394 e. The molecule has 1 amide bonds. The lowest BCUT2D eigenvalue weighted by Gasteiger charge is -2.34. The van der Waals surface area contributed by atoms with Gasteiger partial charge in [-0.2, -0.15) is 18.3 Å². The minimum absolute atomic E-state index is 0.0211. The Bertz CT molecular complexity index is 1550. The largest absolute Gasteiger partial charge is 0.394 e. The van der Waals surface area contributed by atoms with Crippen molar-refractivity contribution in [2.24, 2.45) is 11.3 Å². The summed E-state index contributed by atoms with van der Waals surface area (Å²) in [7, 11) is -4.11. The number of hydrogen-bond acceptors (Lipinski definition) is 7. The van der Waals surface area contributed by atoms with Crippen molar-refractivity contribution < 1.29 is 31.1 Å². The van der Waals surface area contributed by atoms with E-state index in [1.54, 1.807) is 36.5 Å². The number of rotatable bonds is 10. The fourth-order valence-electron chi connectivity index (χ4n) is 5.58. The van der Waals surface area contributed by atoms with Crippen molar-refractivity contribution >= 4 is 21.7 Å². The SMILES string of the molecule is C[C@@H]1CN(c2nc(-n3ccc(COCCC4(C(F)(F)F)CC4)n3)ccc2C(=O)NS(=O)(=O)c2ccccc2)C(C)(C)C1. The van der Waals surface area contributed by atoms with E-state index in [1.165, 1.54) is 22.9 Å². The van der Waals surface area contributed by atoms with Crippen LogP contribution in [0.1, 0.15) is 62.5 Å². The minimum atomic E-state index is -4.21. The Balaban J connectivity index is 1.36. The van der Waals surface area contributed by atoms with E-state index >= 15 is 0 Å². The van der Waals surface area contributed by atoms with E-state index in [0.29, 0.717) is 29.8 Å². The molecule has 13 heteroatoms. The summed E-state index contributed by atoms with van der Waals surface area (Å²) in [4.78, 5) is 20.1. The van der Waals surface area contributed by atoms with Crippen LogP contribution in [-0.4, -0.2) is 54.0 Å². The Hall–Kier alpha value is -3.45. The minimum Gasteiger partial charge on any atom is -0.375 e. The summed E-state index contributed by atoms with van der Waals surface area (Å²) in [5, 5.41) is 4.46. The molecule has 3 heterocycles. The molecule has 1 aromatic carbocycles. The normalized spacial score (nSPS) is 19.6. The molecule has 2 aliphatic rings. The number of halogens is 3. The Morgan fingerprint density at radius 2 is 1.83 bits per heavy atom. The Kier molecular flexibility index (Phi) is 7.86. The number of alkyl halides is 3. The molecule has 1 aliphatic heterocycles. The van der Waals surface area contributed by atoms with Gasteiger partial charge in [0.25, 0.3) is 15.9 Å². The van der Waals surface area contributed by atoms with Gasteiger partial charge in [0.05, 0.1) is 28.2 Å². The molecule has 1 N–H and O–H groups in total. The molecule has 0 radical (unpaired) electrons. The topological polar surface area (TPSA) is 106 Å². The fourth-order valence-corrected chi connectivity index (χ4v) is 6.57. The lowest BCUT2D eigenvalue weighted by Crippen LogP contribution is -2.41. The maximum atomic E-state index is 13.4. The number of aromatic nitrogens is 3. The fraction of sp³-hybridized carbons (Fsp3) is 0.483.